The second-order valence-corrected chi connectivity index (χ2v) is 5.68. The highest BCUT2D eigenvalue weighted by molar-refractivity contribution is 5.35. The highest BCUT2D eigenvalue weighted by Crippen LogP contribution is 2.48. The van der Waals surface area contributed by atoms with Gasteiger partial charge in [-0.1, -0.05) is 54.6 Å². The molecule has 1 nitrogen and oxygen atoms in total. The molecule has 1 heteroatoms. The van der Waals surface area contributed by atoms with Crippen molar-refractivity contribution in [3.05, 3.63) is 71.3 Å². The first-order valence-corrected chi connectivity index (χ1v) is 7.02. The second-order valence-electron chi connectivity index (χ2n) is 5.68. The van der Waals surface area contributed by atoms with E-state index in [0.717, 1.165) is 18.4 Å². The van der Waals surface area contributed by atoms with E-state index in [9.17, 15) is 5.11 Å². The third kappa shape index (κ3) is 2.43. The lowest BCUT2D eigenvalue weighted by molar-refractivity contribution is 0.0125. The Hall–Kier alpha value is -1.60. The van der Waals surface area contributed by atoms with Crippen LogP contribution in [0.4, 0.5) is 0 Å². The summed E-state index contributed by atoms with van der Waals surface area (Å²) < 4.78 is 0. The summed E-state index contributed by atoms with van der Waals surface area (Å²) in [4.78, 5) is 0. The predicted octanol–water partition coefficient (Wildman–Crippen LogP) is 3.84. The van der Waals surface area contributed by atoms with E-state index in [1.165, 1.54) is 11.1 Å². The van der Waals surface area contributed by atoms with E-state index < -0.39 is 5.60 Å². The highest BCUT2D eigenvalue weighted by Gasteiger charge is 2.45. The van der Waals surface area contributed by atoms with Crippen molar-refractivity contribution in [1.29, 1.82) is 0 Å². The summed E-state index contributed by atoms with van der Waals surface area (Å²) in [6.45, 7) is 2.09. The van der Waals surface area contributed by atoms with Gasteiger partial charge in [-0.2, -0.15) is 0 Å². The van der Waals surface area contributed by atoms with Crippen molar-refractivity contribution >= 4 is 0 Å². The molecule has 1 unspecified atom stereocenters. The van der Waals surface area contributed by atoms with Crippen molar-refractivity contribution in [2.45, 2.75) is 31.8 Å². The Morgan fingerprint density at radius 1 is 1.00 bits per heavy atom. The molecule has 0 heterocycles. The molecule has 1 fully saturated rings. The fourth-order valence-electron chi connectivity index (χ4n) is 2.99. The van der Waals surface area contributed by atoms with Crippen molar-refractivity contribution in [2.24, 2.45) is 5.92 Å². The summed E-state index contributed by atoms with van der Waals surface area (Å²) in [5, 5.41) is 11.3. The zero-order valence-corrected chi connectivity index (χ0v) is 11.3. The number of aliphatic hydroxyl groups is 1. The molecule has 0 spiro atoms. The van der Waals surface area contributed by atoms with E-state index in [1.54, 1.807) is 0 Å². The van der Waals surface area contributed by atoms with Crippen molar-refractivity contribution < 1.29 is 5.11 Å². The van der Waals surface area contributed by atoms with Gasteiger partial charge in [0.25, 0.3) is 0 Å². The fourth-order valence-corrected chi connectivity index (χ4v) is 2.99. The van der Waals surface area contributed by atoms with Crippen LogP contribution in [0.5, 0.6) is 0 Å². The Kier molecular flexibility index (Phi) is 3.16. The minimum Gasteiger partial charge on any atom is -0.385 e. The fraction of sp³-hybridized carbons (Fsp3) is 0.333. The van der Waals surface area contributed by atoms with Crippen LogP contribution in [0.15, 0.2) is 54.6 Å². The smallest absolute Gasteiger partial charge is 0.0967 e. The summed E-state index contributed by atoms with van der Waals surface area (Å²) in [5.41, 5.74) is 2.79. The normalized spacial score (nSPS) is 18.0. The lowest BCUT2D eigenvalue weighted by atomic mass is 9.81. The summed E-state index contributed by atoms with van der Waals surface area (Å²) in [7, 11) is 0. The number of rotatable bonds is 4. The molecule has 1 aliphatic carbocycles. The van der Waals surface area contributed by atoms with Crippen LogP contribution in [0.1, 0.15) is 29.5 Å². The Labute approximate surface area is 114 Å². The maximum Gasteiger partial charge on any atom is 0.0967 e. The van der Waals surface area contributed by atoms with Crippen LogP contribution in [-0.4, -0.2) is 5.11 Å². The highest BCUT2D eigenvalue weighted by atomic mass is 16.3. The molecule has 2 aromatic carbocycles. The third-order valence-electron chi connectivity index (χ3n) is 4.18. The van der Waals surface area contributed by atoms with Crippen molar-refractivity contribution in [3.8, 4) is 0 Å². The van der Waals surface area contributed by atoms with E-state index in [2.05, 4.69) is 31.2 Å². The van der Waals surface area contributed by atoms with Gasteiger partial charge < -0.3 is 5.11 Å². The minimum atomic E-state index is -0.702. The van der Waals surface area contributed by atoms with Crippen LogP contribution in [0, 0.1) is 12.8 Å². The Bertz CT molecular complexity index is 557. The lowest BCUT2D eigenvalue weighted by Gasteiger charge is -2.30. The molecule has 19 heavy (non-hydrogen) atoms. The Morgan fingerprint density at radius 2 is 1.63 bits per heavy atom. The molecule has 1 atom stereocenters. The maximum absolute atomic E-state index is 11.3. The van der Waals surface area contributed by atoms with Gasteiger partial charge in [0.15, 0.2) is 0 Å². The molecule has 0 aliphatic heterocycles. The first-order chi connectivity index (χ1) is 9.20. The van der Waals surface area contributed by atoms with E-state index in [4.69, 9.17) is 0 Å². The topological polar surface area (TPSA) is 20.2 Å². The van der Waals surface area contributed by atoms with Gasteiger partial charge in [0.1, 0.15) is 0 Å². The molecule has 2 aromatic rings. The minimum absolute atomic E-state index is 0.411. The quantitative estimate of drug-likeness (QED) is 0.876. The number of aryl methyl sites for hydroxylation is 1. The maximum atomic E-state index is 11.3. The van der Waals surface area contributed by atoms with Crippen LogP contribution in [-0.2, 0) is 12.0 Å². The van der Waals surface area contributed by atoms with Gasteiger partial charge in [0.05, 0.1) is 5.60 Å². The molecule has 3 rings (SSSR count). The monoisotopic (exact) mass is 252 g/mol. The largest absolute Gasteiger partial charge is 0.385 e. The van der Waals surface area contributed by atoms with Gasteiger partial charge in [-0.05, 0) is 42.4 Å². The summed E-state index contributed by atoms with van der Waals surface area (Å²) in [5.74, 6) is 0.411. The van der Waals surface area contributed by atoms with Crippen molar-refractivity contribution in [1.82, 2.24) is 0 Å². The SMILES string of the molecule is Cc1ccccc1C(O)(Cc1ccccc1)C1CC1. The second kappa shape index (κ2) is 4.82. The molecule has 0 bridgehead atoms. The van der Waals surface area contributed by atoms with Crippen LogP contribution >= 0.6 is 0 Å². The zero-order chi connectivity index (χ0) is 13.3. The van der Waals surface area contributed by atoms with Crippen LogP contribution in [0.25, 0.3) is 0 Å². The average molecular weight is 252 g/mol. The molecule has 0 amide bonds. The first kappa shape index (κ1) is 12.4. The van der Waals surface area contributed by atoms with E-state index in [1.807, 2.05) is 30.3 Å². The summed E-state index contributed by atoms with van der Waals surface area (Å²) in [6, 6.07) is 18.5. The van der Waals surface area contributed by atoms with Crippen LogP contribution in [0.2, 0.25) is 0 Å². The summed E-state index contributed by atoms with van der Waals surface area (Å²) >= 11 is 0. The van der Waals surface area contributed by atoms with Gasteiger partial charge in [0.2, 0.25) is 0 Å². The molecule has 1 saturated carbocycles. The molecule has 0 saturated heterocycles. The van der Waals surface area contributed by atoms with Crippen LogP contribution in [0.3, 0.4) is 0 Å². The Morgan fingerprint density at radius 3 is 2.26 bits per heavy atom. The average Bonchev–Trinajstić information content (AvgIpc) is 3.25. The molecular formula is C18H20O. The van der Waals surface area contributed by atoms with Gasteiger partial charge in [-0.3, -0.25) is 0 Å². The molecule has 0 aromatic heterocycles. The van der Waals surface area contributed by atoms with Crippen molar-refractivity contribution in [3.63, 3.8) is 0 Å². The van der Waals surface area contributed by atoms with Gasteiger partial charge in [-0.15, -0.1) is 0 Å². The first-order valence-electron chi connectivity index (χ1n) is 7.02. The van der Waals surface area contributed by atoms with Gasteiger partial charge in [-0.25, -0.2) is 0 Å². The van der Waals surface area contributed by atoms with E-state index in [-0.39, 0.29) is 0 Å². The molecular weight excluding hydrogens is 232 g/mol. The number of benzene rings is 2. The van der Waals surface area contributed by atoms with E-state index in [0.29, 0.717) is 12.3 Å². The lowest BCUT2D eigenvalue weighted by Crippen LogP contribution is -2.32. The summed E-state index contributed by atoms with van der Waals surface area (Å²) in [6.07, 6.45) is 2.98. The molecule has 98 valence electrons. The standard InChI is InChI=1S/C18H20O/c1-14-7-5-6-10-17(14)18(19,16-11-12-16)13-15-8-3-2-4-9-15/h2-10,16,19H,11-13H2,1H3. The Balaban J connectivity index is 1.98. The molecule has 1 aliphatic rings. The third-order valence-corrected chi connectivity index (χ3v) is 4.18. The molecule has 1 N–H and O–H groups in total. The van der Waals surface area contributed by atoms with Crippen LogP contribution < -0.4 is 0 Å². The van der Waals surface area contributed by atoms with Crippen molar-refractivity contribution in [2.75, 3.05) is 0 Å². The molecule has 0 radical (unpaired) electrons. The number of hydrogen-bond donors (Lipinski definition) is 1. The van der Waals surface area contributed by atoms with Gasteiger partial charge >= 0.3 is 0 Å². The zero-order valence-electron chi connectivity index (χ0n) is 11.3. The number of hydrogen-bond acceptors (Lipinski definition) is 1. The van der Waals surface area contributed by atoms with E-state index >= 15 is 0 Å². The van der Waals surface area contributed by atoms with Gasteiger partial charge in [0, 0.05) is 6.42 Å². The predicted molar refractivity (Wildman–Crippen MR) is 77.9 cm³/mol.